The zero-order valence-electron chi connectivity index (χ0n) is 18.7. The number of carbonyl (C=O) groups is 1. The summed E-state index contributed by atoms with van der Waals surface area (Å²) >= 11 is 0. The molecular weight excluding hydrogens is 392 g/mol. The van der Waals surface area contributed by atoms with Gasteiger partial charge in [0.2, 0.25) is 0 Å². The van der Waals surface area contributed by atoms with Crippen LogP contribution >= 0.6 is 0 Å². The predicted molar refractivity (Wildman–Crippen MR) is 120 cm³/mol. The highest BCUT2D eigenvalue weighted by molar-refractivity contribution is 5.95. The largest absolute Gasteiger partial charge is 0.360 e. The van der Waals surface area contributed by atoms with Crippen molar-refractivity contribution in [3.05, 3.63) is 58.7 Å². The van der Waals surface area contributed by atoms with Crippen LogP contribution in [0.25, 0.3) is 5.82 Å². The van der Waals surface area contributed by atoms with Gasteiger partial charge in [-0.15, -0.1) is 0 Å². The molecule has 0 aromatic carbocycles. The van der Waals surface area contributed by atoms with Gasteiger partial charge >= 0.3 is 0 Å². The highest BCUT2D eigenvalue weighted by atomic mass is 16.5. The van der Waals surface area contributed by atoms with E-state index in [0.717, 1.165) is 61.3 Å². The van der Waals surface area contributed by atoms with E-state index in [0.29, 0.717) is 17.9 Å². The lowest BCUT2D eigenvalue weighted by Gasteiger charge is -2.34. The molecule has 0 saturated carbocycles. The lowest BCUT2D eigenvalue weighted by Crippen LogP contribution is -2.46. The molecule has 31 heavy (non-hydrogen) atoms. The average Bonchev–Trinajstić information content (AvgIpc) is 3.34. The van der Waals surface area contributed by atoms with Crippen molar-refractivity contribution >= 4 is 11.7 Å². The SMILES string of the molecule is CCN1CCN(c2ccc(CNC(=O)c3cc(C)n(-c4cc(C)on4)c3C)cn2)CC1. The van der Waals surface area contributed by atoms with Crippen molar-refractivity contribution in [2.45, 2.75) is 34.2 Å². The number of amides is 1. The maximum atomic E-state index is 12.8. The molecule has 1 N–H and O–H groups in total. The minimum absolute atomic E-state index is 0.112. The van der Waals surface area contributed by atoms with Crippen molar-refractivity contribution in [2.24, 2.45) is 0 Å². The maximum absolute atomic E-state index is 12.8. The summed E-state index contributed by atoms with van der Waals surface area (Å²) in [6.07, 6.45) is 1.85. The molecule has 1 saturated heterocycles. The second-order valence-corrected chi connectivity index (χ2v) is 8.04. The van der Waals surface area contributed by atoms with Gasteiger partial charge in [0.25, 0.3) is 5.91 Å². The van der Waals surface area contributed by atoms with Crippen LogP contribution in [0.2, 0.25) is 0 Å². The van der Waals surface area contributed by atoms with E-state index in [2.05, 4.69) is 32.2 Å². The van der Waals surface area contributed by atoms with Gasteiger partial charge in [0.1, 0.15) is 11.6 Å². The topological polar surface area (TPSA) is 79.4 Å². The van der Waals surface area contributed by atoms with Crippen molar-refractivity contribution in [1.82, 2.24) is 24.9 Å². The van der Waals surface area contributed by atoms with Crippen LogP contribution in [0, 0.1) is 20.8 Å². The Labute approximate surface area is 182 Å². The summed E-state index contributed by atoms with van der Waals surface area (Å²) in [5, 5.41) is 7.08. The van der Waals surface area contributed by atoms with Gasteiger partial charge in [0.15, 0.2) is 5.82 Å². The Bertz CT molecular complexity index is 1040. The highest BCUT2D eigenvalue weighted by Crippen LogP contribution is 2.21. The quantitative estimate of drug-likeness (QED) is 0.658. The summed E-state index contributed by atoms with van der Waals surface area (Å²) in [6, 6.07) is 7.82. The fraction of sp³-hybridized carbons (Fsp3) is 0.435. The minimum Gasteiger partial charge on any atom is -0.360 e. The minimum atomic E-state index is -0.112. The van der Waals surface area contributed by atoms with Crippen LogP contribution in [0.5, 0.6) is 0 Å². The Kier molecular flexibility index (Phi) is 6.08. The first-order chi connectivity index (χ1) is 15.0. The number of rotatable bonds is 6. The van der Waals surface area contributed by atoms with Crippen molar-refractivity contribution in [3.8, 4) is 5.82 Å². The first-order valence-corrected chi connectivity index (χ1v) is 10.8. The molecule has 164 valence electrons. The second kappa shape index (κ2) is 8.93. The fourth-order valence-corrected chi connectivity index (χ4v) is 4.08. The molecule has 0 spiro atoms. The third-order valence-electron chi connectivity index (χ3n) is 5.93. The number of hydrogen-bond donors (Lipinski definition) is 1. The van der Waals surface area contributed by atoms with Gasteiger partial charge in [-0.3, -0.25) is 9.36 Å². The van der Waals surface area contributed by atoms with E-state index in [4.69, 9.17) is 4.52 Å². The number of nitrogens with zero attached hydrogens (tertiary/aromatic N) is 5. The van der Waals surface area contributed by atoms with Crippen LogP contribution < -0.4 is 10.2 Å². The third-order valence-corrected chi connectivity index (χ3v) is 5.93. The monoisotopic (exact) mass is 422 g/mol. The number of pyridine rings is 1. The number of anilines is 1. The van der Waals surface area contributed by atoms with E-state index < -0.39 is 0 Å². The molecule has 0 aliphatic carbocycles. The van der Waals surface area contributed by atoms with Crippen LogP contribution in [-0.2, 0) is 6.54 Å². The van der Waals surface area contributed by atoms with Crippen LogP contribution in [-0.4, -0.2) is 58.2 Å². The lowest BCUT2D eigenvalue weighted by atomic mass is 10.2. The lowest BCUT2D eigenvalue weighted by molar-refractivity contribution is 0.0950. The van der Waals surface area contributed by atoms with E-state index in [1.54, 1.807) is 0 Å². The van der Waals surface area contributed by atoms with Crippen LogP contribution in [0.3, 0.4) is 0 Å². The van der Waals surface area contributed by atoms with Gasteiger partial charge < -0.3 is 19.6 Å². The molecule has 1 fully saturated rings. The molecule has 1 amide bonds. The molecular formula is C23H30N6O2. The first-order valence-electron chi connectivity index (χ1n) is 10.8. The number of piperazine rings is 1. The summed E-state index contributed by atoms with van der Waals surface area (Å²) in [4.78, 5) is 22.2. The van der Waals surface area contributed by atoms with Crippen molar-refractivity contribution in [1.29, 1.82) is 0 Å². The molecule has 1 aliphatic rings. The molecule has 1 aliphatic heterocycles. The Hall–Kier alpha value is -3.13. The normalized spacial score (nSPS) is 14.8. The van der Waals surface area contributed by atoms with E-state index in [-0.39, 0.29) is 5.91 Å². The Morgan fingerprint density at radius 3 is 2.48 bits per heavy atom. The Morgan fingerprint density at radius 1 is 1.10 bits per heavy atom. The molecule has 3 aromatic heterocycles. The molecule has 4 rings (SSSR count). The van der Waals surface area contributed by atoms with Crippen LogP contribution in [0.15, 0.2) is 35.0 Å². The summed E-state index contributed by atoms with van der Waals surface area (Å²) in [7, 11) is 0. The third kappa shape index (κ3) is 4.49. The van der Waals surface area contributed by atoms with Crippen LogP contribution in [0.1, 0.15) is 40.0 Å². The second-order valence-electron chi connectivity index (χ2n) is 8.04. The van der Waals surface area contributed by atoms with Gasteiger partial charge in [0, 0.05) is 56.4 Å². The summed E-state index contributed by atoms with van der Waals surface area (Å²) in [6.45, 7) is 13.6. The van der Waals surface area contributed by atoms with Gasteiger partial charge in [-0.2, -0.15) is 0 Å². The summed E-state index contributed by atoms with van der Waals surface area (Å²) in [5.41, 5.74) is 3.38. The van der Waals surface area contributed by atoms with Crippen molar-refractivity contribution in [2.75, 3.05) is 37.6 Å². The standard InChI is InChI=1S/C23H30N6O2/c1-5-27-8-10-28(11-9-27)21-7-6-19(14-24-21)15-25-23(30)20-12-16(2)29(18(20)4)22-13-17(3)31-26-22/h6-7,12-14H,5,8-11,15H2,1-4H3,(H,25,30). The molecule has 8 nitrogen and oxygen atoms in total. The highest BCUT2D eigenvalue weighted by Gasteiger charge is 2.19. The number of likely N-dealkylation sites (N-methyl/N-ethyl adjacent to an activating group) is 1. The number of aryl methyl sites for hydroxylation is 2. The predicted octanol–water partition coefficient (Wildman–Crippen LogP) is 2.86. The Balaban J connectivity index is 1.38. The maximum Gasteiger partial charge on any atom is 0.253 e. The van der Waals surface area contributed by atoms with Gasteiger partial charge in [-0.25, -0.2) is 4.98 Å². The zero-order valence-corrected chi connectivity index (χ0v) is 18.7. The average molecular weight is 423 g/mol. The van der Waals surface area contributed by atoms with E-state index >= 15 is 0 Å². The van der Waals surface area contributed by atoms with Crippen LogP contribution in [0.4, 0.5) is 5.82 Å². The molecule has 3 aromatic rings. The molecule has 8 heteroatoms. The number of nitrogens with one attached hydrogen (secondary N) is 1. The number of hydrogen-bond acceptors (Lipinski definition) is 6. The summed E-state index contributed by atoms with van der Waals surface area (Å²) < 4.78 is 7.11. The number of carbonyl (C=O) groups excluding carboxylic acids is 1. The smallest absolute Gasteiger partial charge is 0.253 e. The fourth-order valence-electron chi connectivity index (χ4n) is 4.08. The Morgan fingerprint density at radius 2 is 1.87 bits per heavy atom. The van der Waals surface area contributed by atoms with Gasteiger partial charge in [-0.05, 0) is 45.0 Å². The van der Waals surface area contributed by atoms with E-state index in [9.17, 15) is 4.79 Å². The molecule has 0 bridgehead atoms. The zero-order chi connectivity index (χ0) is 22.0. The molecule has 0 unspecified atom stereocenters. The molecule has 0 atom stereocenters. The van der Waals surface area contributed by atoms with Gasteiger partial charge in [-0.1, -0.05) is 18.1 Å². The molecule has 4 heterocycles. The number of aromatic nitrogens is 3. The van der Waals surface area contributed by atoms with E-state index in [1.165, 1.54) is 0 Å². The molecule has 0 radical (unpaired) electrons. The van der Waals surface area contributed by atoms with Gasteiger partial charge in [0.05, 0.1) is 5.56 Å². The summed E-state index contributed by atoms with van der Waals surface area (Å²) in [5.74, 6) is 2.31. The van der Waals surface area contributed by atoms with Crippen molar-refractivity contribution in [3.63, 3.8) is 0 Å². The van der Waals surface area contributed by atoms with E-state index in [1.807, 2.05) is 55.8 Å². The first kappa shape index (κ1) is 21.1. The van der Waals surface area contributed by atoms with Crippen molar-refractivity contribution < 1.29 is 9.32 Å².